The molecule has 5 atom stereocenters. The summed E-state index contributed by atoms with van der Waals surface area (Å²) in [5.41, 5.74) is 0. The quantitative estimate of drug-likeness (QED) is 0.276. The third kappa shape index (κ3) is 15.1. The second-order valence-corrected chi connectivity index (χ2v) is 9.24. The second-order valence-electron chi connectivity index (χ2n) is 9.24. The summed E-state index contributed by atoms with van der Waals surface area (Å²) in [6, 6.07) is 0. The molecule has 1 amide bonds. The van der Waals surface area contributed by atoms with E-state index in [1.54, 1.807) is 14.0 Å². The first-order valence-electron chi connectivity index (χ1n) is 12.2. The van der Waals surface area contributed by atoms with Gasteiger partial charge in [-0.05, 0) is 31.6 Å². The third-order valence-corrected chi connectivity index (χ3v) is 5.12. The molecule has 5 unspecified atom stereocenters. The molecule has 0 spiro atoms. The van der Waals surface area contributed by atoms with Crippen LogP contribution in [0.5, 0.6) is 0 Å². The molecule has 32 heavy (non-hydrogen) atoms. The molecule has 1 heterocycles. The van der Waals surface area contributed by atoms with Crippen molar-refractivity contribution in [2.24, 2.45) is 11.8 Å². The van der Waals surface area contributed by atoms with Crippen LogP contribution in [0.3, 0.4) is 0 Å². The molecule has 4 N–H and O–H groups in total. The van der Waals surface area contributed by atoms with Gasteiger partial charge < -0.3 is 34.8 Å². The zero-order chi connectivity index (χ0) is 24.4. The number of unbranched alkanes of at least 4 members (excludes halogenated alkanes) is 5. The fraction of sp³-hybridized carbons (Fsp3) is 0.958. The molecule has 8 heteroatoms. The smallest absolute Gasteiger partial charge is 0.219 e. The largest absolute Gasteiger partial charge is 0.394 e. The summed E-state index contributed by atoms with van der Waals surface area (Å²) in [4.78, 5) is 11.8. The molecule has 0 aromatic rings. The van der Waals surface area contributed by atoms with Crippen LogP contribution in [-0.2, 0) is 19.0 Å². The van der Waals surface area contributed by atoms with E-state index in [2.05, 4.69) is 26.1 Å². The minimum Gasteiger partial charge on any atom is -0.394 e. The van der Waals surface area contributed by atoms with Crippen molar-refractivity contribution in [1.29, 1.82) is 0 Å². The average Bonchev–Trinajstić information content (AvgIpc) is 2.74. The van der Waals surface area contributed by atoms with Crippen molar-refractivity contribution in [3.05, 3.63) is 0 Å². The molecule has 1 aliphatic heterocycles. The summed E-state index contributed by atoms with van der Waals surface area (Å²) in [5, 5.41) is 32.0. The van der Waals surface area contributed by atoms with E-state index in [0.717, 1.165) is 64.0 Å². The summed E-state index contributed by atoms with van der Waals surface area (Å²) in [7, 11) is 1.71. The van der Waals surface area contributed by atoms with Crippen LogP contribution in [0.4, 0.5) is 0 Å². The Morgan fingerprint density at radius 1 is 0.969 bits per heavy atom. The molecular weight excluding hydrogens is 414 g/mol. The van der Waals surface area contributed by atoms with Gasteiger partial charge in [-0.3, -0.25) is 4.79 Å². The fourth-order valence-electron chi connectivity index (χ4n) is 3.22. The van der Waals surface area contributed by atoms with E-state index in [1.165, 1.54) is 0 Å². The van der Waals surface area contributed by atoms with Gasteiger partial charge in [0.05, 0.1) is 12.7 Å². The van der Waals surface area contributed by atoms with Gasteiger partial charge in [0.15, 0.2) is 6.29 Å². The number of aliphatic hydroxyl groups is 3. The first-order chi connectivity index (χ1) is 15.2. The number of carbonyl (C=O) groups excluding carboxylic acids is 1. The standard InChI is InChI=1S/C20H39NO7.C4H10/c1-15-18(24)19(25)16(14-22)28-20(15)27-13-9-5-6-10-17(23)21-11-7-3-4-8-12-26-2;1-4(2)3/h15-16,18-20,22,24-25H,3-14H2,1-2H3,(H,21,23);4H,1-3H3. The van der Waals surface area contributed by atoms with E-state index in [4.69, 9.17) is 14.2 Å². The number of hydrogen-bond acceptors (Lipinski definition) is 7. The Labute approximate surface area is 195 Å². The van der Waals surface area contributed by atoms with Crippen molar-refractivity contribution in [3.8, 4) is 0 Å². The van der Waals surface area contributed by atoms with Gasteiger partial charge in [0.25, 0.3) is 0 Å². The topological polar surface area (TPSA) is 117 Å². The SMILES string of the molecule is CC(C)C.COCCCCCCNC(=O)CCCCCOC1OC(CO)C(O)C(O)C1C. The highest BCUT2D eigenvalue weighted by atomic mass is 16.7. The van der Waals surface area contributed by atoms with Crippen LogP contribution in [0.15, 0.2) is 0 Å². The molecule has 0 bridgehead atoms. The molecule has 1 fully saturated rings. The zero-order valence-electron chi connectivity index (χ0n) is 20.9. The Morgan fingerprint density at radius 3 is 2.19 bits per heavy atom. The van der Waals surface area contributed by atoms with Crippen molar-refractivity contribution in [2.45, 2.75) is 104 Å². The number of methoxy groups -OCH3 is 1. The molecule has 1 saturated heterocycles. The van der Waals surface area contributed by atoms with Gasteiger partial charge >= 0.3 is 0 Å². The first kappa shape index (κ1) is 31.2. The van der Waals surface area contributed by atoms with Gasteiger partial charge in [-0.15, -0.1) is 0 Å². The maximum atomic E-state index is 11.8. The average molecular weight is 464 g/mol. The number of nitrogens with one attached hydrogen (secondary N) is 1. The van der Waals surface area contributed by atoms with E-state index in [-0.39, 0.29) is 18.4 Å². The summed E-state index contributed by atoms with van der Waals surface area (Å²) in [6.45, 7) is 9.85. The van der Waals surface area contributed by atoms with Gasteiger partial charge in [0.2, 0.25) is 5.91 Å². The van der Waals surface area contributed by atoms with Crippen LogP contribution in [0.25, 0.3) is 0 Å². The number of amides is 1. The van der Waals surface area contributed by atoms with Crippen LogP contribution in [-0.4, -0.2) is 79.3 Å². The van der Waals surface area contributed by atoms with E-state index < -0.39 is 24.6 Å². The number of hydrogen-bond donors (Lipinski definition) is 4. The summed E-state index contributed by atoms with van der Waals surface area (Å²) >= 11 is 0. The summed E-state index contributed by atoms with van der Waals surface area (Å²) < 4.78 is 16.2. The van der Waals surface area contributed by atoms with Gasteiger partial charge in [-0.1, -0.05) is 47.0 Å². The lowest BCUT2D eigenvalue weighted by Gasteiger charge is -2.40. The first-order valence-corrected chi connectivity index (χ1v) is 12.2. The molecule has 0 aromatic heterocycles. The highest BCUT2D eigenvalue weighted by Crippen LogP contribution is 2.26. The summed E-state index contributed by atoms with van der Waals surface area (Å²) in [5.74, 6) is 0.544. The van der Waals surface area contributed by atoms with Gasteiger partial charge in [-0.25, -0.2) is 0 Å². The Bertz CT molecular complexity index is 445. The Balaban J connectivity index is 0.00000220. The molecular formula is C24H49NO7. The minimum atomic E-state index is -1.11. The fourth-order valence-corrected chi connectivity index (χ4v) is 3.22. The van der Waals surface area contributed by atoms with Gasteiger partial charge in [0.1, 0.15) is 12.2 Å². The molecule has 1 rings (SSSR count). The normalized spacial score (nSPS) is 25.3. The monoisotopic (exact) mass is 463 g/mol. The lowest BCUT2D eigenvalue weighted by Crippen LogP contribution is -2.55. The maximum absolute atomic E-state index is 11.8. The summed E-state index contributed by atoms with van der Waals surface area (Å²) in [6.07, 6.45) is 3.67. The lowest BCUT2D eigenvalue weighted by molar-refractivity contribution is -0.282. The van der Waals surface area contributed by atoms with Crippen LogP contribution in [0.1, 0.15) is 79.1 Å². The number of carbonyl (C=O) groups is 1. The Morgan fingerprint density at radius 2 is 1.56 bits per heavy atom. The molecule has 0 saturated carbocycles. The van der Waals surface area contributed by atoms with Crippen LogP contribution in [0.2, 0.25) is 0 Å². The van der Waals surface area contributed by atoms with Crippen molar-refractivity contribution in [3.63, 3.8) is 0 Å². The molecule has 0 radical (unpaired) electrons. The van der Waals surface area contributed by atoms with Crippen molar-refractivity contribution < 1.29 is 34.3 Å². The van der Waals surface area contributed by atoms with E-state index >= 15 is 0 Å². The molecule has 192 valence electrons. The minimum absolute atomic E-state index is 0.0879. The Kier molecular flexibility index (Phi) is 19.2. The predicted molar refractivity (Wildman–Crippen MR) is 125 cm³/mol. The third-order valence-electron chi connectivity index (χ3n) is 5.12. The maximum Gasteiger partial charge on any atom is 0.219 e. The number of ether oxygens (including phenoxy) is 3. The number of rotatable bonds is 15. The molecule has 8 nitrogen and oxygen atoms in total. The lowest BCUT2D eigenvalue weighted by atomic mass is 9.92. The van der Waals surface area contributed by atoms with E-state index in [9.17, 15) is 20.1 Å². The van der Waals surface area contributed by atoms with Crippen molar-refractivity contribution in [2.75, 3.05) is 33.5 Å². The predicted octanol–water partition coefficient (Wildman–Crippen LogP) is 2.62. The Hall–Kier alpha value is -0.770. The van der Waals surface area contributed by atoms with Crippen LogP contribution in [0, 0.1) is 11.8 Å². The second kappa shape index (κ2) is 19.7. The van der Waals surface area contributed by atoms with Crippen LogP contribution >= 0.6 is 0 Å². The van der Waals surface area contributed by atoms with E-state index in [1.807, 2.05) is 0 Å². The highest BCUT2D eigenvalue weighted by Gasteiger charge is 2.42. The molecule has 0 aromatic carbocycles. The molecule has 0 aliphatic carbocycles. The van der Waals surface area contributed by atoms with E-state index in [0.29, 0.717) is 13.0 Å². The van der Waals surface area contributed by atoms with Crippen molar-refractivity contribution in [1.82, 2.24) is 5.32 Å². The highest BCUT2D eigenvalue weighted by molar-refractivity contribution is 5.75. The van der Waals surface area contributed by atoms with Gasteiger partial charge in [0, 0.05) is 39.2 Å². The molecule has 1 aliphatic rings. The van der Waals surface area contributed by atoms with Crippen LogP contribution < -0.4 is 5.32 Å². The zero-order valence-corrected chi connectivity index (χ0v) is 20.9. The van der Waals surface area contributed by atoms with Crippen molar-refractivity contribution >= 4 is 5.91 Å². The number of aliphatic hydroxyl groups excluding tert-OH is 3. The van der Waals surface area contributed by atoms with Gasteiger partial charge in [-0.2, -0.15) is 0 Å².